The average Bonchev–Trinajstić information content (AvgIpc) is 2.33. The number of ether oxygens (including phenoxy) is 1. The summed E-state index contributed by atoms with van der Waals surface area (Å²) in [5.74, 6) is 0.776. The van der Waals surface area contributed by atoms with Gasteiger partial charge in [0, 0.05) is 29.4 Å². The van der Waals surface area contributed by atoms with Crippen LogP contribution in [0.4, 0.5) is 0 Å². The maximum absolute atomic E-state index is 10.8. The highest BCUT2D eigenvalue weighted by Gasteiger charge is 1.93. The van der Waals surface area contributed by atoms with E-state index in [1.807, 2.05) is 18.2 Å². The molecule has 0 bridgehead atoms. The molecule has 1 aromatic carbocycles. The van der Waals surface area contributed by atoms with Gasteiger partial charge in [-0.15, -0.1) is 0 Å². The summed E-state index contributed by atoms with van der Waals surface area (Å²) in [4.78, 5) is 0. The van der Waals surface area contributed by atoms with E-state index in [1.54, 1.807) is 6.26 Å². The largest absolute Gasteiger partial charge is 0.375 e. The van der Waals surface area contributed by atoms with Crippen LogP contribution in [-0.4, -0.2) is 35.9 Å². The molecule has 0 radical (unpaired) electrons. The summed E-state index contributed by atoms with van der Waals surface area (Å²) < 4.78 is 16.3. The first-order chi connectivity index (χ1) is 8.29. The molecule has 1 aromatic rings. The Morgan fingerprint density at radius 2 is 2.00 bits per heavy atom. The standard InChI is InChI=1S/C13H21NO2S/c1-17(15)11-5-8-14-9-10-16-12-13-6-3-2-4-7-13/h2-4,6-7,14H,5,8-12H2,1H3. The van der Waals surface area contributed by atoms with Gasteiger partial charge >= 0.3 is 0 Å². The van der Waals surface area contributed by atoms with Gasteiger partial charge in [0.25, 0.3) is 0 Å². The molecule has 1 unspecified atom stereocenters. The van der Waals surface area contributed by atoms with E-state index in [0.29, 0.717) is 13.2 Å². The summed E-state index contributed by atoms with van der Waals surface area (Å²) in [5, 5.41) is 3.27. The highest BCUT2D eigenvalue weighted by atomic mass is 32.2. The summed E-state index contributed by atoms with van der Waals surface area (Å²) >= 11 is 0. The third-order valence-electron chi connectivity index (χ3n) is 2.32. The normalized spacial score (nSPS) is 12.5. The summed E-state index contributed by atoms with van der Waals surface area (Å²) in [6.45, 7) is 3.14. The number of rotatable bonds is 9. The Labute approximate surface area is 106 Å². The Bertz CT molecular complexity index is 316. The van der Waals surface area contributed by atoms with Gasteiger partial charge in [-0.3, -0.25) is 4.21 Å². The van der Waals surface area contributed by atoms with E-state index in [-0.39, 0.29) is 0 Å². The average molecular weight is 255 g/mol. The summed E-state index contributed by atoms with van der Waals surface area (Å²) in [7, 11) is -0.671. The lowest BCUT2D eigenvalue weighted by atomic mass is 10.2. The van der Waals surface area contributed by atoms with Gasteiger partial charge in [-0.1, -0.05) is 30.3 Å². The van der Waals surface area contributed by atoms with Crippen molar-refractivity contribution in [3.8, 4) is 0 Å². The first-order valence-electron chi connectivity index (χ1n) is 5.91. The zero-order chi connectivity index (χ0) is 12.3. The molecule has 0 spiro atoms. The maximum atomic E-state index is 10.8. The van der Waals surface area contributed by atoms with Crippen LogP contribution in [0.2, 0.25) is 0 Å². The van der Waals surface area contributed by atoms with Crippen LogP contribution in [0.3, 0.4) is 0 Å². The van der Waals surface area contributed by atoms with E-state index in [2.05, 4.69) is 17.4 Å². The van der Waals surface area contributed by atoms with Crippen LogP contribution < -0.4 is 5.32 Å². The zero-order valence-electron chi connectivity index (χ0n) is 10.4. The molecule has 0 saturated heterocycles. The second-order valence-electron chi connectivity index (χ2n) is 3.92. The summed E-state index contributed by atoms with van der Waals surface area (Å²) in [5.41, 5.74) is 1.20. The first-order valence-corrected chi connectivity index (χ1v) is 7.64. The molecule has 0 aliphatic heterocycles. The molecule has 0 saturated carbocycles. The third kappa shape index (κ3) is 8.07. The van der Waals surface area contributed by atoms with E-state index in [9.17, 15) is 4.21 Å². The zero-order valence-corrected chi connectivity index (χ0v) is 11.2. The van der Waals surface area contributed by atoms with E-state index < -0.39 is 10.8 Å². The van der Waals surface area contributed by atoms with Crippen molar-refractivity contribution in [2.75, 3.05) is 31.7 Å². The SMILES string of the molecule is CS(=O)CCCNCCOCc1ccccc1. The van der Waals surface area contributed by atoms with Crippen LogP contribution in [0.1, 0.15) is 12.0 Å². The van der Waals surface area contributed by atoms with Crippen molar-refractivity contribution in [3.63, 3.8) is 0 Å². The summed E-state index contributed by atoms with van der Waals surface area (Å²) in [6.07, 6.45) is 2.70. The number of hydrogen-bond donors (Lipinski definition) is 1. The van der Waals surface area contributed by atoms with E-state index >= 15 is 0 Å². The Kier molecular flexibility index (Phi) is 7.88. The molecule has 1 atom stereocenters. The quantitative estimate of drug-likeness (QED) is 0.681. The van der Waals surface area contributed by atoms with Gasteiger partial charge in [0.05, 0.1) is 13.2 Å². The molecular weight excluding hydrogens is 234 g/mol. The van der Waals surface area contributed by atoms with Crippen molar-refractivity contribution in [2.24, 2.45) is 0 Å². The van der Waals surface area contributed by atoms with Crippen molar-refractivity contribution >= 4 is 10.8 Å². The van der Waals surface area contributed by atoms with E-state index in [1.165, 1.54) is 5.56 Å². The molecule has 1 rings (SSSR count). The van der Waals surface area contributed by atoms with Gasteiger partial charge in [-0.25, -0.2) is 0 Å². The van der Waals surface area contributed by atoms with Crippen LogP contribution in [0.15, 0.2) is 30.3 Å². The van der Waals surface area contributed by atoms with Crippen molar-refractivity contribution in [2.45, 2.75) is 13.0 Å². The Morgan fingerprint density at radius 1 is 1.24 bits per heavy atom. The predicted molar refractivity (Wildman–Crippen MR) is 72.5 cm³/mol. The third-order valence-corrected chi connectivity index (χ3v) is 3.18. The Hall–Kier alpha value is -0.710. The number of hydrogen-bond acceptors (Lipinski definition) is 3. The van der Waals surface area contributed by atoms with Gasteiger partial charge < -0.3 is 10.1 Å². The second-order valence-corrected chi connectivity index (χ2v) is 5.47. The van der Waals surface area contributed by atoms with Gasteiger partial charge in [-0.2, -0.15) is 0 Å². The molecule has 17 heavy (non-hydrogen) atoms. The molecule has 1 N–H and O–H groups in total. The van der Waals surface area contributed by atoms with Gasteiger partial charge in [0.15, 0.2) is 0 Å². The lowest BCUT2D eigenvalue weighted by Gasteiger charge is -2.05. The second kappa shape index (κ2) is 9.33. The van der Waals surface area contributed by atoms with Gasteiger partial charge in [0.1, 0.15) is 0 Å². The molecule has 4 heteroatoms. The Balaban J connectivity index is 1.90. The molecule has 3 nitrogen and oxygen atoms in total. The predicted octanol–water partition coefficient (Wildman–Crippen LogP) is 1.56. The van der Waals surface area contributed by atoms with Crippen LogP contribution in [-0.2, 0) is 22.1 Å². The van der Waals surface area contributed by atoms with Crippen LogP contribution >= 0.6 is 0 Å². The van der Waals surface area contributed by atoms with E-state index in [4.69, 9.17) is 4.74 Å². The lowest BCUT2D eigenvalue weighted by Crippen LogP contribution is -2.21. The number of nitrogens with one attached hydrogen (secondary N) is 1. The monoisotopic (exact) mass is 255 g/mol. The topological polar surface area (TPSA) is 38.3 Å². The van der Waals surface area contributed by atoms with Crippen LogP contribution in [0.25, 0.3) is 0 Å². The molecule has 0 fully saturated rings. The van der Waals surface area contributed by atoms with Gasteiger partial charge in [0.2, 0.25) is 0 Å². The molecule has 96 valence electrons. The van der Waals surface area contributed by atoms with Crippen molar-refractivity contribution < 1.29 is 8.95 Å². The molecule has 0 aromatic heterocycles. The smallest absolute Gasteiger partial charge is 0.0717 e. The highest BCUT2D eigenvalue weighted by molar-refractivity contribution is 7.84. The minimum Gasteiger partial charge on any atom is -0.375 e. The fourth-order valence-corrected chi connectivity index (χ4v) is 1.98. The minimum atomic E-state index is -0.671. The molecule has 0 amide bonds. The molecular formula is C13H21NO2S. The fourth-order valence-electron chi connectivity index (χ4n) is 1.43. The fraction of sp³-hybridized carbons (Fsp3) is 0.538. The number of benzene rings is 1. The lowest BCUT2D eigenvalue weighted by molar-refractivity contribution is 0.123. The first kappa shape index (κ1) is 14.4. The molecule has 0 aliphatic carbocycles. The van der Waals surface area contributed by atoms with Crippen molar-refractivity contribution in [3.05, 3.63) is 35.9 Å². The Morgan fingerprint density at radius 3 is 2.71 bits per heavy atom. The molecule has 0 heterocycles. The van der Waals surface area contributed by atoms with Crippen LogP contribution in [0.5, 0.6) is 0 Å². The molecule has 0 aliphatic rings. The van der Waals surface area contributed by atoms with E-state index in [0.717, 1.165) is 25.3 Å². The van der Waals surface area contributed by atoms with Crippen molar-refractivity contribution in [1.29, 1.82) is 0 Å². The summed E-state index contributed by atoms with van der Waals surface area (Å²) in [6, 6.07) is 10.2. The van der Waals surface area contributed by atoms with Crippen molar-refractivity contribution in [1.82, 2.24) is 5.32 Å². The minimum absolute atomic E-state index is 0.668. The van der Waals surface area contributed by atoms with Crippen LogP contribution in [0, 0.1) is 0 Å². The highest BCUT2D eigenvalue weighted by Crippen LogP contribution is 1.99. The maximum Gasteiger partial charge on any atom is 0.0717 e. The van der Waals surface area contributed by atoms with Gasteiger partial charge in [-0.05, 0) is 18.5 Å².